The maximum absolute atomic E-state index is 12.8. The maximum Gasteiger partial charge on any atom is 0.331 e. The van der Waals surface area contributed by atoms with Gasteiger partial charge in [0.05, 0.1) is 6.54 Å². The fraction of sp³-hybridized carbons (Fsp3) is 0.105. The lowest BCUT2D eigenvalue weighted by Gasteiger charge is -2.07. The van der Waals surface area contributed by atoms with Gasteiger partial charge < -0.3 is 15.4 Å². The summed E-state index contributed by atoms with van der Waals surface area (Å²) >= 11 is 5.83. The number of halogens is 2. The Morgan fingerprint density at radius 1 is 1.07 bits per heavy atom. The normalized spacial score (nSPS) is 10.4. The van der Waals surface area contributed by atoms with E-state index in [9.17, 15) is 18.8 Å². The zero-order valence-corrected chi connectivity index (χ0v) is 14.8. The fourth-order valence-corrected chi connectivity index (χ4v) is 2.13. The van der Waals surface area contributed by atoms with E-state index in [2.05, 4.69) is 10.6 Å². The summed E-state index contributed by atoms with van der Waals surface area (Å²) in [4.78, 5) is 34.9. The minimum Gasteiger partial charge on any atom is -0.452 e. The average Bonchev–Trinajstić information content (AvgIpc) is 2.65. The van der Waals surface area contributed by atoms with Crippen molar-refractivity contribution in [1.29, 1.82) is 0 Å². The van der Waals surface area contributed by atoms with Crippen molar-refractivity contribution >= 4 is 41.1 Å². The maximum atomic E-state index is 12.8. The molecular weight excluding hydrogens is 375 g/mol. The first-order valence-corrected chi connectivity index (χ1v) is 8.23. The second kappa shape index (κ2) is 10.1. The SMILES string of the molecule is O=C(COC(=O)/C=C/c1cccc(Cl)c1)NCC(=O)Nc1ccc(F)cc1. The van der Waals surface area contributed by atoms with Crippen LogP contribution in [0, 0.1) is 5.82 Å². The van der Waals surface area contributed by atoms with Crippen LogP contribution in [-0.2, 0) is 19.1 Å². The van der Waals surface area contributed by atoms with E-state index in [1.807, 2.05) is 0 Å². The van der Waals surface area contributed by atoms with Crippen LogP contribution in [-0.4, -0.2) is 30.9 Å². The second-order valence-electron chi connectivity index (χ2n) is 5.33. The van der Waals surface area contributed by atoms with Gasteiger partial charge in [0.15, 0.2) is 6.61 Å². The van der Waals surface area contributed by atoms with Gasteiger partial charge in [-0.2, -0.15) is 0 Å². The monoisotopic (exact) mass is 390 g/mol. The van der Waals surface area contributed by atoms with Crippen molar-refractivity contribution in [3.05, 3.63) is 71.0 Å². The Balaban J connectivity index is 1.68. The Kier molecular flexibility index (Phi) is 7.51. The van der Waals surface area contributed by atoms with Gasteiger partial charge in [-0.3, -0.25) is 9.59 Å². The Morgan fingerprint density at radius 2 is 1.81 bits per heavy atom. The largest absolute Gasteiger partial charge is 0.452 e. The molecule has 0 spiro atoms. The number of anilines is 1. The smallest absolute Gasteiger partial charge is 0.331 e. The number of rotatable bonds is 7. The van der Waals surface area contributed by atoms with E-state index >= 15 is 0 Å². The molecule has 0 saturated heterocycles. The van der Waals surface area contributed by atoms with Crippen molar-refractivity contribution in [2.24, 2.45) is 0 Å². The number of hydrogen-bond donors (Lipinski definition) is 2. The lowest BCUT2D eigenvalue weighted by Crippen LogP contribution is -2.35. The molecule has 8 heteroatoms. The van der Waals surface area contributed by atoms with Crippen LogP contribution < -0.4 is 10.6 Å². The summed E-state index contributed by atoms with van der Waals surface area (Å²) in [5.41, 5.74) is 1.11. The molecule has 0 aliphatic carbocycles. The van der Waals surface area contributed by atoms with Crippen molar-refractivity contribution in [3.8, 4) is 0 Å². The third kappa shape index (κ3) is 7.70. The van der Waals surface area contributed by atoms with Crippen molar-refractivity contribution in [2.75, 3.05) is 18.5 Å². The summed E-state index contributed by atoms with van der Waals surface area (Å²) in [5, 5.41) is 5.32. The summed E-state index contributed by atoms with van der Waals surface area (Å²) < 4.78 is 17.6. The predicted octanol–water partition coefficient (Wildman–Crippen LogP) is 2.79. The van der Waals surface area contributed by atoms with E-state index in [1.165, 1.54) is 36.4 Å². The van der Waals surface area contributed by atoms with Crippen LogP contribution in [0.3, 0.4) is 0 Å². The zero-order chi connectivity index (χ0) is 19.6. The molecule has 0 aliphatic rings. The topological polar surface area (TPSA) is 84.5 Å². The van der Waals surface area contributed by atoms with Crippen molar-refractivity contribution in [2.45, 2.75) is 0 Å². The molecule has 0 bridgehead atoms. The zero-order valence-electron chi connectivity index (χ0n) is 14.1. The standard InChI is InChI=1S/C19H16ClFN2O4/c20-14-3-1-2-13(10-14)4-9-19(26)27-12-18(25)22-11-17(24)23-16-7-5-15(21)6-8-16/h1-10H,11-12H2,(H,22,25)(H,23,24)/b9-4+. The molecule has 6 nitrogen and oxygen atoms in total. The third-order valence-corrected chi connectivity index (χ3v) is 3.42. The molecule has 0 heterocycles. The number of amides is 2. The highest BCUT2D eigenvalue weighted by atomic mass is 35.5. The molecule has 0 saturated carbocycles. The molecular formula is C19H16ClFN2O4. The molecule has 0 unspecified atom stereocenters. The van der Waals surface area contributed by atoms with Crippen molar-refractivity contribution in [1.82, 2.24) is 5.32 Å². The van der Waals surface area contributed by atoms with E-state index < -0.39 is 30.2 Å². The Morgan fingerprint density at radius 3 is 2.52 bits per heavy atom. The summed E-state index contributed by atoms with van der Waals surface area (Å²) in [6, 6.07) is 12.0. The van der Waals surface area contributed by atoms with Gasteiger partial charge >= 0.3 is 5.97 Å². The Bertz CT molecular complexity index is 853. The molecule has 2 amide bonds. The van der Waals surface area contributed by atoms with Crippen molar-refractivity contribution in [3.63, 3.8) is 0 Å². The van der Waals surface area contributed by atoms with Gasteiger partial charge in [0.25, 0.3) is 5.91 Å². The predicted molar refractivity (Wildman–Crippen MR) is 99.5 cm³/mol. The Hall–Kier alpha value is -3.19. The van der Waals surface area contributed by atoms with Gasteiger partial charge in [0.2, 0.25) is 5.91 Å². The first-order valence-electron chi connectivity index (χ1n) is 7.85. The third-order valence-electron chi connectivity index (χ3n) is 3.18. The number of benzene rings is 2. The van der Waals surface area contributed by atoms with Crippen LogP contribution in [0.25, 0.3) is 6.08 Å². The van der Waals surface area contributed by atoms with Crippen LogP contribution in [0.2, 0.25) is 5.02 Å². The van der Waals surface area contributed by atoms with E-state index in [0.29, 0.717) is 16.3 Å². The first-order chi connectivity index (χ1) is 12.9. The molecule has 0 radical (unpaired) electrons. The summed E-state index contributed by atoms with van der Waals surface area (Å²) in [6.45, 7) is -0.839. The van der Waals surface area contributed by atoms with E-state index in [1.54, 1.807) is 24.3 Å². The second-order valence-corrected chi connectivity index (χ2v) is 5.76. The van der Waals surface area contributed by atoms with E-state index in [4.69, 9.17) is 16.3 Å². The van der Waals surface area contributed by atoms with Gasteiger partial charge in [0.1, 0.15) is 5.82 Å². The summed E-state index contributed by atoms with van der Waals surface area (Å²) in [7, 11) is 0. The molecule has 0 aromatic heterocycles. The van der Waals surface area contributed by atoms with Gasteiger partial charge in [-0.15, -0.1) is 0 Å². The minimum atomic E-state index is -0.708. The number of carbonyl (C=O) groups excluding carboxylic acids is 3. The molecule has 2 aromatic carbocycles. The minimum absolute atomic E-state index is 0.313. The number of hydrogen-bond acceptors (Lipinski definition) is 4. The molecule has 0 aliphatic heterocycles. The molecule has 0 atom stereocenters. The quantitative estimate of drug-likeness (QED) is 0.562. The number of esters is 1. The lowest BCUT2D eigenvalue weighted by atomic mass is 10.2. The van der Waals surface area contributed by atoms with Crippen LogP contribution in [0.15, 0.2) is 54.6 Å². The van der Waals surface area contributed by atoms with Gasteiger partial charge in [-0.1, -0.05) is 23.7 Å². The summed E-state index contributed by atoms with van der Waals surface area (Å²) in [6.07, 6.45) is 2.67. The van der Waals surface area contributed by atoms with Crippen molar-refractivity contribution < 1.29 is 23.5 Å². The number of ether oxygens (including phenoxy) is 1. The average molecular weight is 391 g/mol. The molecule has 2 aromatic rings. The highest BCUT2D eigenvalue weighted by Gasteiger charge is 2.08. The van der Waals surface area contributed by atoms with Crippen LogP contribution in [0.5, 0.6) is 0 Å². The number of nitrogens with one attached hydrogen (secondary N) is 2. The Labute approximate surface area is 160 Å². The van der Waals surface area contributed by atoms with Gasteiger partial charge in [-0.05, 0) is 48.0 Å². The van der Waals surface area contributed by atoms with Gasteiger partial charge in [-0.25, -0.2) is 9.18 Å². The van der Waals surface area contributed by atoms with E-state index in [-0.39, 0.29) is 6.54 Å². The first kappa shape index (κ1) is 20.1. The van der Waals surface area contributed by atoms with Crippen LogP contribution in [0.4, 0.5) is 10.1 Å². The molecule has 27 heavy (non-hydrogen) atoms. The molecule has 2 N–H and O–H groups in total. The highest BCUT2D eigenvalue weighted by molar-refractivity contribution is 6.30. The van der Waals surface area contributed by atoms with Crippen LogP contribution >= 0.6 is 11.6 Å². The summed E-state index contributed by atoms with van der Waals surface area (Å²) in [5.74, 6) is -2.26. The highest BCUT2D eigenvalue weighted by Crippen LogP contribution is 2.11. The molecule has 0 fully saturated rings. The number of carbonyl (C=O) groups is 3. The lowest BCUT2D eigenvalue weighted by molar-refractivity contribution is -0.143. The fourth-order valence-electron chi connectivity index (χ4n) is 1.93. The van der Waals surface area contributed by atoms with Crippen LogP contribution in [0.1, 0.15) is 5.56 Å². The van der Waals surface area contributed by atoms with E-state index in [0.717, 1.165) is 0 Å². The molecule has 140 valence electrons. The van der Waals surface area contributed by atoms with Gasteiger partial charge in [0, 0.05) is 16.8 Å². The molecule has 2 rings (SSSR count).